The quantitative estimate of drug-likeness (QED) is 0.712. The van der Waals surface area contributed by atoms with E-state index in [0.29, 0.717) is 6.54 Å². The molecule has 4 nitrogen and oxygen atoms in total. The summed E-state index contributed by atoms with van der Waals surface area (Å²) in [5, 5.41) is 3.25. The molecule has 0 bridgehead atoms. The number of methoxy groups -OCH3 is 3. The summed E-state index contributed by atoms with van der Waals surface area (Å²) >= 11 is 0. The lowest BCUT2D eigenvalue weighted by molar-refractivity contribution is -0.0989. The van der Waals surface area contributed by atoms with Crippen molar-refractivity contribution in [1.29, 1.82) is 0 Å². The molecule has 0 aliphatic rings. The van der Waals surface area contributed by atoms with E-state index in [1.54, 1.807) is 21.3 Å². The number of nitrogens with one attached hydrogen (secondary N) is 1. The molecule has 0 aliphatic carbocycles. The van der Waals surface area contributed by atoms with Gasteiger partial charge < -0.3 is 19.5 Å². The molecule has 1 rings (SSSR count). The lowest BCUT2D eigenvalue weighted by Crippen LogP contribution is -2.29. The van der Waals surface area contributed by atoms with Crippen molar-refractivity contribution in [1.82, 2.24) is 5.32 Å². The van der Waals surface area contributed by atoms with Crippen molar-refractivity contribution in [2.45, 2.75) is 12.8 Å². The Morgan fingerprint density at radius 3 is 2.44 bits per heavy atom. The van der Waals surface area contributed by atoms with Crippen LogP contribution in [0.3, 0.4) is 0 Å². The van der Waals surface area contributed by atoms with Crippen LogP contribution >= 0.6 is 0 Å². The molecular formula is C12H19NO3. The molecule has 0 aliphatic heterocycles. The summed E-state index contributed by atoms with van der Waals surface area (Å²) in [6.07, 6.45) is -0.213. The number of rotatable bonds is 7. The van der Waals surface area contributed by atoms with Crippen LogP contribution in [0.5, 0.6) is 5.75 Å². The van der Waals surface area contributed by atoms with E-state index in [-0.39, 0.29) is 6.29 Å². The third kappa shape index (κ3) is 3.81. The first kappa shape index (κ1) is 13.0. The molecule has 1 aromatic carbocycles. The zero-order chi connectivity index (χ0) is 11.8. The summed E-state index contributed by atoms with van der Waals surface area (Å²) < 4.78 is 15.4. The van der Waals surface area contributed by atoms with Crippen LogP contribution in [0.4, 0.5) is 0 Å². The Kier molecular flexibility index (Phi) is 5.85. The van der Waals surface area contributed by atoms with Crippen LogP contribution in [-0.4, -0.2) is 34.2 Å². The predicted molar refractivity (Wildman–Crippen MR) is 62.5 cm³/mol. The molecule has 0 aromatic heterocycles. The van der Waals surface area contributed by atoms with E-state index in [1.807, 2.05) is 24.3 Å². The summed E-state index contributed by atoms with van der Waals surface area (Å²) in [4.78, 5) is 0. The molecule has 16 heavy (non-hydrogen) atoms. The zero-order valence-electron chi connectivity index (χ0n) is 10.0. The summed E-state index contributed by atoms with van der Waals surface area (Å²) in [7, 11) is 4.92. The molecule has 0 heterocycles. The highest BCUT2D eigenvalue weighted by Gasteiger charge is 2.05. The van der Waals surface area contributed by atoms with Crippen LogP contribution < -0.4 is 10.1 Å². The molecule has 0 saturated heterocycles. The molecule has 0 fully saturated rings. The lowest BCUT2D eigenvalue weighted by Gasteiger charge is -2.15. The van der Waals surface area contributed by atoms with Gasteiger partial charge in [0, 0.05) is 32.9 Å². The molecule has 1 N–H and O–H groups in total. The summed E-state index contributed by atoms with van der Waals surface area (Å²) in [5.74, 6) is 0.890. The highest BCUT2D eigenvalue weighted by molar-refractivity contribution is 5.32. The fraction of sp³-hybridized carbons (Fsp3) is 0.500. The molecule has 0 amide bonds. The average molecular weight is 225 g/mol. The minimum atomic E-state index is -0.213. The molecule has 0 spiro atoms. The van der Waals surface area contributed by atoms with E-state index in [9.17, 15) is 0 Å². The van der Waals surface area contributed by atoms with E-state index in [0.717, 1.165) is 17.9 Å². The van der Waals surface area contributed by atoms with Gasteiger partial charge >= 0.3 is 0 Å². The second-order valence-electron chi connectivity index (χ2n) is 3.34. The number of hydrogen-bond donors (Lipinski definition) is 1. The Bertz CT molecular complexity index is 300. The van der Waals surface area contributed by atoms with Gasteiger partial charge in [-0.25, -0.2) is 0 Å². The van der Waals surface area contributed by atoms with Crippen molar-refractivity contribution in [3.63, 3.8) is 0 Å². The summed E-state index contributed by atoms with van der Waals surface area (Å²) in [5.41, 5.74) is 1.12. The van der Waals surface area contributed by atoms with Crippen molar-refractivity contribution in [2.75, 3.05) is 27.9 Å². The highest BCUT2D eigenvalue weighted by Crippen LogP contribution is 2.16. The maximum Gasteiger partial charge on any atom is 0.169 e. The normalized spacial score (nSPS) is 10.8. The van der Waals surface area contributed by atoms with Gasteiger partial charge in [-0.15, -0.1) is 0 Å². The number of benzene rings is 1. The first-order valence-electron chi connectivity index (χ1n) is 5.20. The van der Waals surface area contributed by atoms with Gasteiger partial charge in [0.2, 0.25) is 0 Å². The topological polar surface area (TPSA) is 39.7 Å². The van der Waals surface area contributed by atoms with Gasteiger partial charge in [0.25, 0.3) is 0 Å². The van der Waals surface area contributed by atoms with Gasteiger partial charge in [-0.05, 0) is 6.07 Å². The van der Waals surface area contributed by atoms with Gasteiger partial charge in [0.05, 0.1) is 7.11 Å². The fourth-order valence-corrected chi connectivity index (χ4v) is 1.44. The Hall–Kier alpha value is -1.10. The number of para-hydroxylation sites is 1. The van der Waals surface area contributed by atoms with E-state index >= 15 is 0 Å². The maximum absolute atomic E-state index is 5.25. The zero-order valence-corrected chi connectivity index (χ0v) is 10.0. The Morgan fingerprint density at radius 1 is 1.12 bits per heavy atom. The Labute approximate surface area is 96.5 Å². The SMILES string of the molecule is COc1ccccc1CNCC(OC)OC. The van der Waals surface area contributed by atoms with Crippen molar-refractivity contribution in [3.8, 4) is 5.75 Å². The van der Waals surface area contributed by atoms with Crippen LogP contribution in [0.1, 0.15) is 5.56 Å². The average Bonchev–Trinajstić information content (AvgIpc) is 2.35. The standard InChI is InChI=1S/C12H19NO3/c1-14-11-7-5-4-6-10(11)8-13-9-12(15-2)16-3/h4-7,12-13H,8-9H2,1-3H3. The highest BCUT2D eigenvalue weighted by atomic mass is 16.7. The van der Waals surface area contributed by atoms with Crippen LogP contribution in [0, 0.1) is 0 Å². The predicted octanol–water partition coefficient (Wildman–Crippen LogP) is 1.40. The molecule has 0 saturated carbocycles. The molecule has 0 radical (unpaired) electrons. The fourth-order valence-electron chi connectivity index (χ4n) is 1.44. The van der Waals surface area contributed by atoms with Crippen molar-refractivity contribution >= 4 is 0 Å². The first-order valence-corrected chi connectivity index (χ1v) is 5.20. The minimum absolute atomic E-state index is 0.213. The second kappa shape index (κ2) is 7.22. The molecule has 0 atom stereocenters. The Morgan fingerprint density at radius 2 is 1.81 bits per heavy atom. The van der Waals surface area contributed by atoms with E-state index in [2.05, 4.69) is 5.32 Å². The summed E-state index contributed by atoms with van der Waals surface area (Å²) in [6, 6.07) is 7.92. The molecule has 90 valence electrons. The minimum Gasteiger partial charge on any atom is -0.496 e. The monoisotopic (exact) mass is 225 g/mol. The van der Waals surface area contributed by atoms with Gasteiger partial charge in [-0.2, -0.15) is 0 Å². The number of hydrogen-bond acceptors (Lipinski definition) is 4. The van der Waals surface area contributed by atoms with Gasteiger partial charge in [0.1, 0.15) is 5.75 Å². The smallest absolute Gasteiger partial charge is 0.169 e. The third-order valence-corrected chi connectivity index (χ3v) is 2.34. The van der Waals surface area contributed by atoms with Crippen molar-refractivity contribution in [2.24, 2.45) is 0 Å². The largest absolute Gasteiger partial charge is 0.496 e. The molecule has 1 aromatic rings. The van der Waals surface area contributed by atoms with E-state index in [1.165, 1.54) is 0 Å². The van der Waals surface area contributed by atoms with Gasteiger partial charge in [-0.1, -0.05) is 18.2 Å². The lowest BCUT2D eigenvalue weighted by atomic mass is 10.2. The Balaban J connectivity index is 2.42. The summed E-state index contributed by atoms with van der Waals surface area (Å²) in [6.45, 7) is 1.37. The van der Waals surface area contributed by atoms with Crippen molar-refractivity contribution < 1.29 is 14.2 Å². The first-order chi connectivity index (χ1) is 7.81. The molecular weight excluding hydrogens is 206 g/mol. The van der Waals surface area contributed by atoms with Crippen molar-refractivity contribution in [3.05, 3.63) is 29.8 Å². The maximum atomic E-state index is 5.25. The molecule has 0 unspecified atom stereocenters. The van der Waals surface area contributed by atoms with Crippen LogP contribution in [0.25, 0.3) is 0 Å². The van der Waals surface area contributed by atoms with Gasteiger partial charge in [-0.3, -0.25) is 0 Å². The number of ether oxygens (including phenoxy) is 3. The van der Waals surface area contributed by atoms with E-state index < -0.39 is 0 Å². The van der Waals surface area contributed by atoms with Gasteiger partial charge in [0.15, 0.2) is 6.29 Å². The molecule has 4 heteroatoms. The van der Waals surface area contributed by atoms with E-state index in [4.69, 9.17) is 14.2 Å². The third-order valence-electron chi connectivity index (χ3n) is 2.34. The van der Waals surface area contributed by atoms with Crippen LogP contribution in [-0.2, 0) is 16.0 Å². The van der Waals surface area contributed by atoms with Crippen LogP contribution in [0.15, 0.2) is 24.3 Å². The van der Waals surface area contributed by atoms with Crippen LogP contribution in [0.2, 0.25) is 0 Å². The second-order valence-corrected chi connectivity index (χ2v) is 3.34.